The van der Waals surface area contributed by atoms with Gasteiger partial charge < -0.3 is 5.43 Å². The topological polar surface area (TPSA) is 47.3 Å². The summed E-state index contributed by atoms with van der Waals surface area (Å²) >= 11 is 5.55. The van der Waals surface area contributed by atoms with Crippen molar-refractivity contribution in [1.29, 1.82) is 0 Å². The molecular formula is C8H5ClF4N2O. The lowest BCUT2D eigenvalue weighted by Gasteiger charge is -2.10. The van der Waals surface area contributed by atoms with E-state index in [4.69, 9.17) is 17.4 Å². The first-order valence-electron chi connectivity index (χ1n) is 4.05. The number of rotatable bonds is 1. The fourth-order valence-electron chi connectivity index (χ4n) is 1.44. The molecule has 0 saturated carbocycles. The van der Waals surface area contributed by atoms with Gasteiger partial charge >= 0.3 is 12.2 Å². The van der Waals surface area contributed by atoms with E-state index >= 15 is 0 Å². The molecule has 3 N–H and O–H groups in total. The Morgan fingerprint density at radius 2 is 1.62 bits per heavy atom. The smallest absolute Gasteiger partial charge is 0.323 e. The molecule has 0 radical (unpaired) electrons. The van der Waals surface area contributed by atoms with Crippen LogP contribution in [0, 0.1) is 0 Å². The van der Waals surface area contributed by atoms with Crippen LogP contribution in [0.3, 0.4) is 0 Å². The van der Waals surface area contributed by atoms with Crippen LogP contribution >= 0.6 is 11.6 Å². The Hall–Kier alpha value is -1.05. The second kappa shape index (κ2) is 3.22. The van der Waals surface area contributed by atoms with Gasteiger partial charge in [0, 0.05) is 0 Å². The minimum Gasteiger partial charge on any atom is -0.323 e. The van der Waals surface area contributed by atoms with Gasteiger partial charge in [-0.3, -0.25) is 5.84 Å². The number of halogens is 5. The van der Waals surface area contributed by atoms with E-state index in [0.29, 0.717) is 6.07 Å². The number of nitrogen functional groups attached to an aromatic ring is 1. The average Bonchev–Trinajstić information content (AvgIpc) is 2.31. The van der Waals surface area contributed by atoms with Crippen LogP contribution in [0.5, 0.6) is 0 Å². The van der Waals surface area contributed by atoms with Crippen LogP contribution in [-0.4, -0.2) is 0 Å². The zero-order chi connectivity index (χ0) is 12.1. The van der Waals surface area contributed by atoms with E-state index in [1.807, 2.05) is 5.43 Å². The van der Waals surface area contributed by atoms with Gasteiger partial charge in [-0.05, 0) is 12.1 Å². The Morgan fingerprint density at radius 1 is 1.12 bits per heavy atom. The lowest BCUT2D eigenvalue weighted by atomic mass is 10.1. The first kappa shape index (κ1) is 11.4. The van der Waals surface area contributed by atoms with E-state index < -0.39 is 23.3 Å². The largest absolute Gasteiger partial charge is 0.388 e. The Morgan fingerprint density at radius 3 is 2.12 bits per heavy atom. The molecule has 0 atom stereocenters. The predicted octanol–water partition coefficient (Wildman–Crippen LogP) is 2.75. The van der Waals surface area contributed by atoms with Gasteiger partial charge in [0.15, 0.2) is 0 Å². The van der Waals surface area contributed by atoms with Gasteiger partial charge in [0.2, 0.25) is 0 Å². The molecule has 16 heavy (non-hydrogen) atoms. The summed E-state index contributed by atoms with van der Waals surface area (Å²) < 4.78 is 55.6. The molecule has 0 fully saturated rings. The van der Waals surface area contributed by atoms with E-state index in [1.165, 1.54) is 0 Å². The molecular weight excluding hydrogens is 252 g/mol. The zero-order valence-corrected chi connectivity index (χ0v) is 8.29. The molecule has 1 aromatic carbocycles. The molecule has 0 amide bonds. The van der Waals surface area contributed by atoms with E-state index in [9.17, 15) is 17.6 Å². The average molecular weight is 257 g/mol. The highest BCUT2D eigenvalue weighted by molar-refractivity contribution is 6.33. The zero-order valence-electron chi connectivity index (χ0n) is 7.53. The van der Waals surface area contributed by atoms with Gasteiger partial charge in [0.05, 0.1) is 21.8 Å². The third kappa shape index (κ3) is 1.51. The maximum Gasteiger partial charge on any atom is 0.388 e. The highest BCUT2D eigenvalue weighted by atomic mass is 35.5. The maximum atomic E-state index is 13.1. The van der Waals surface area contributed by atoms with Crippen molar-refractivity contribution < 1.29 is 22.3 Å². The standard InChI is InChI=1S/C8H5ClF4N2O/c9-5-1-3-4(2-6(5)15-14)8(12,13)16-7(3,10)11/h1-2,15H,14H2. The van der Waals surface area contributed by atoms with E-state index in [2.05, 4.69) is 4.74 Å². The summed E-state index contributed by atoms with van der Waals surface area (Å²) in [6.45, 7) is 0. The minimum absolute atomic E-state index is 0.0820. The molecule has 3 nitrogen and oxygen atoms in total. The van der Waals surface area contributed by atoms with Gasteiger partial charge in [0.25, 0.3) is 0 Å². The Labute approximate surface area is 92.1 Å². The SMILES string of the molecule is NNc1cc2c(cc1Cl)C(F)(F)OC2(F)F. The number of hydrazine groups is 1. The highest BCUT2D eigenvalue weighted by Crippen LogP contribution is 2.52. The summed E-state index contributed by atoms with van der Waals surface area (Å²) in [4.78, 5) is 0. The van der Waals surface area contributed by atoms with Crippen LogP contribution in [0.2, 0.25) is 5.02 Å². The number of anilines is 1. The summed E-state index contributed by atoms with van der Waals surface area (Å²) in [6.07, 6.45) is -8.12. The molecule has 1 aliphatic heterocycles. The van der Waals surface area contributed by atoms with E-state index in [1.54, 1.807) is 0 Å². The molecule has 2 rings (SSSR count). The minimum atomic E-state index is -4.06. The molecule has 0 saturated heterocycles. The third-order valence-electron chi connectivity index (χ3n) is 2.15. The quantitative estimate of drug-likeness (QED) is 0.461. The molecule has 0 unspecified atom stereocenters. The molecule has 88 valence electrons. The number of ether oxygens (including phenoxy) is 1. The molecule has 0 bridgehead atoms. The first-order valence-corrected chi connectivity index (χ1v) is 4.42. The van der Waals surface area contributed by atoms with Gasteiger partial charge in [-0.2, -0.15) is 17.6 Å². The van der Waals surface area contributed by atoms with Crippen molar-refractivity contribution in [3.63, 3.8) is 0 Å². The second-order valence-corrected chi connectivity index (χ2v) is 3.56. The molecule has 0 aromatic heterocycles. The highest BCUT2D eigenvalue weighted by Gasteiger charge is 2.57. The van der Waals surface area contributed by atoms with Crippen molar-refractivity contribution in [1.82, 2.24) is 0 Å². The van der Waals surface area contributed by atoms with Crippen molar-refractivity contribution in [2.75, 3.05) is 5.43 Å². The first-order chi connectivity index (χ1) is 7.28. The van der Waals surface area contributed by atoms with Crippen molar-refractivity contribution in [3.8, 4) is 0 Å². The number of alkyl halides is 4. The summed E-state index contributed by atoms with van der Waals surface area (Å²) in [6, 6.07) is 1.44. The number of nitrogens with one attached hydrogen (secondary N) is 1. The van der Waals surface area contributed by atoms with Crippen LogP contribution in [0.1, 0.15) is 11.1 Å². The number of nitrogens with two attached hydrogens (primary N) is 1. The van der Waals surface area contributed by atoms with Gasteiger partial charge in [-0.25, -0.2) is 4.74 Å². The summed E-state index contributed by atoms with van der Waals surface area (Å²) in [7, 11) is 0. The van der Waals surface area contributed by atoms with Crippen LogP contribution in [0.4, 0.5) is 23.2 Å². The van der Waals surface area contributed by atoms with Crippen molar-refractivity contribution in [3.05, 3.63) is 28.3 Å². The van der Waals surface area contributed by atoms with Gasteiger partial charge in [-0.1, -0.05) is 11.6 Å². The van der Waals surface area contributed by atoms with Crippen LogP contribution < -0.4 is 11.3 Å². The second-order valence-electron chi connectivity index (χ2n) is 3.16. The van der Waals surface area contributed by atoms with Crippen molar-refractivity contribution in [2.24, 2.45) is 5.84 Å². The number of hydrogen-bond acceptors (Lipinski definition) is 3. The monoisotopic (exact) mass is 256 g/mol. The van der Waals surface area contributed by atoms with E-state index in [-0.39, 0.29) is 10.7 Å². The van der Waals surface area contributed by atoms with Crippen LogP contribution in [-0.2, 0) is 17.0 Å². The Kier molecular flexibility index (Phi) is 2.30. The predicted molar refractivity (Wildman–Crippen MR) is 48.1 cm³/mol. The molecule has 8 heteroatoms. The van der Waals surface area contributed by atoms with Gasteiger partial charge in [0.1, 0.15) is 0 Å². The molecule has 0 aliphatic carbocycles. The fourth-order valence-corrected chi connectivity index (χ4v) is 1.65. The third-order valence-corrected chi connectivity index (χ3v) is 2.46. The van der Waals surface area contributed by atoms with Crippen molar-refractivity contribution in [2.45, 2.75) is 12.2 Å². The normalized spacial score (nSPS) is 20.6. The molecule has 0 spiro atoms. The van der Waals surface area contributed by atoms with Crippen molar-refractivity contribution >= 4 is 17.3 Å². The summed E-state index contributed by atoms with van der Waals surface area (Å²) in [5.74, 6) is 4.99. The Bertz CT molecular complexity index is 452. The number of hydrogen-bond donors (Lipinski definition) is 2. The lowest BCUT2D eigenvalue weighted by Crippen LogP contribution is -2.17. The molecule has 1 heterocycles. The molecule has 1 aliphatic rings. The van der Waals surface area contributed by atoms with Crippen LogP contribution in [0.25, 0.3) is 0 Å². The Balaban J connectivity index is 2.67. The van der Waals surface area contributed by atoms with Gasteiger partial charge in [-0.15, -0.1) is 0 Å². The van der Waals surface area contributed by atoms with Crippen LogP contribution in [0.15, 0.2) is 12.1 Å². The molecule has 1 aromatic rings. The lowest BCUT2D eigenvalue weighted by molar-refractivity contribution is -0.369. The summed E-state index contributed by atoms with van der Waals surface area (Å²) in [5, 5.41) is -0.192. The van der Waals surface area contributed by atoms with E-state index in [0.717, 1.165) is 6.07 Å². The summed E-state index contributed by atoms with van der Waals surface area (Å²) in [5.41, 5.74) is 0.0362. The number of benzene rings is 1. The fraction of sp³-hybridized carbons (Fsp3) is 0.250. The number of fused-ring (bicyclic) bond motifs is 1. The maximum absolute atomic E-state index is 13.1.